The SMILES string of the molecule is CCOc1cccc(-c2ccc(NC(=O)[C@H]3CCCCC3C(O)O)cc2COCCC(C)C)c1C. The lowest BCUT2D eigenvalue weighted by atomic mass is 9.78. The van der Waals surface area contributed by atoms with Crippen LogP contribution in [0.25, 0.3) is 11.1 Å². The normalized spacial score (nSPS) is 18.2. The second-order valence-electron chi connectivity index (χ2n) is 9.93. The van der Waals surface area contributed by atoms with Crippen molar-refractivity contribution in [1.29, 1.82) is 0 Å². The van der Waals surface area contributed by atoms with Gasteiger partial charge in [-0.25, -0.2) is 0 Å². The molecule has 0 aromatic heterocycles. The summed E-state index contributed by atoms with van der Waals surface area (Å²) in [7, 11) is 0. The van der Waals surface area contributed by atoms with Crippen molar-refractivity contribution in [3.05, 3.63) is 47.5 Å². The second kappa shape index (κ2) is 13.1. The van der Waals surface area contributed by atoms with Crippen LogP contribution in [0.15, 0.2) is 36.4 Å². The maximum Gasteiger partial charge on any atom is 0.227 e. The van der Waals surface area contributed by atoms with Gasteiger partial charge in [0.1, 0.15) is 5.75 Å². The molecule has 1 saturated carbocycles. The van der Waals surface area contributed by atoms with E-state index < -0.39 is 18.1 Å². The molecule has 0 heterocycles. The highest BCUT2D eigenvalue weighted by Gasteiger charge is 2.35. The molecule has 1 aliphatic rings. The fraction of sp³-hybridized carbons (Fsp3) is 0.552. The van der Waals surface area contributed by atoms with Crippen LogP contribution in [0.5, 0.6) is 5.75 Å². The lowest BCUT2D eigenvalue weighted by Gasteiger charge is -2.31. The van der Waals surface area contributed by atoms with Crippen molar-refractivity contribution in [1.82, 2.24) is 0 Å². The Balaban J connectivity index is 1.87. The minimum Gasteiger partial charge on any atom is -0.494 e. The second-order valence-corrected chi connectivity index (χ2v) is 9.93. The molecule has 1 unspecified atom stereocenters. The number of anilines is 1. The minimum absolute atomic E-state index is 0.156. The molecule has 0 radical (unpaired) electrons. The van der Waals surface area contributed by atoms with Gasteiger partial charge in [-0.05, 0) is 79.5 Å². The summed E-state index contributed by atoms with van der Waals surface area (Å²) in [5.41, 5.74) is 4.87. The van der Waals surface area contributed by atoms with E-state index in [1.807, 2.05) is 37.3 Å². The molecule has 0 spiro atoms. The number of ether oxygens (including phenoxy) is 2. The highest BCUT2D eigenvalue weighted by Crippen LogP contribution is 2.35. The molecule has 1 fully saturated rings. The van der Waals surface area contributed by atoms with E-state index in [1.54, 1.807) is 0 Å². The van der Waals surface area contributed by atoms with Crippen LogP contribution >= 0.6 is 0 Å². The zero-order valence-electron chi connectivity index (χ0n) is 21.5. The molecule has 1 amide bonds. The third kappa shape index (κ3) is 7.29. The Morgan fingerprint density at radius 2 is 1.89 bits per heavy atom. The molecule has 3 rings (SSSR count). The van der Waals surface area contributed by atoms with Crippen molar-refractivity contribution in [3.63, 3.8) is 0 Å². The van der Waals surface area contributed by atoms with E-state index in [0.717, 1.165) is 47.3 Å². The molecule has 1 aliphatic carbocycles. The van der Waals surface area contributed by atoms with E-state index in [1.165, 1.54) is 0 Å². The third-order valence-corrected chi connectivity index (χ3v) is 6.88. The first-order valence-electron chi connectivity index (χ1n) is 12.9. The van der Waals surface area contributed by atoms with Crippen LogP contribution in [-0.2, 0) is 16.1 Å². The summed E-state index contributed by atoms with van der Waals surface area (Å²) in [6.07, 6.45) is 2.67. The van der Waals surface area contributed by atoms with Crippen molar-refractivity contribution in [2.75, 3.05) is 18.5 Å². The van der Waals surface area contributed by atoms with Gasteiger partial charge in [0.05, 0.1) is 13.2 Å². The zero-order valence-corrected chi connectivity index (χ0v) is 21.5. The van der Waals surface area contributed by atoms with Crippen LogP contribution < -0.4 is 10.1 Å². The zero-order chi connectivity index (χ0) is 25.4. The first-order valence-corrected chi connectivity index (χ1v) is 12.9. The van der Waals surface area contributed by atoms with Crippen LogP contribution in [0.4, 0.5) is 5.69 Å². The Kier molecular flexibility index (Phi) is 10.1. The molecule has 35 heavy (non-hydrogen) atoms. The molecule has 192 valence electrons. The molecule has 2 aromatic carbocycles. The number of rotatable bonds is 11. The average molecular weight is 484 g/mol. The number of carbonyl (C=O) groups is 1. The molecular formula is C29H41NO5. The largest absolute Gasteiger partial charge is 0.494 e. The Morgan fingerprint density at radius 1 is 1.11 bits per heavy atom. The summed E-state index contributed by atoms with van der Waals surface area (Å²) in [6, 6.07) is 12.0. The van der Waals surface area contributed by atoms with Gasteiger partial charge in [-0.15, -0.1) is 0 Å². The topological polar surface area (TPSA) is 88.0 Å². The highest BCUT2D eigenvalue weighted by atomic mass is 16.5. The Labute approximate surface area is 209 Å². The first kappa shape index (κ1) is 27.2. The number of hydrogen-bond acceptors (Lipinski definition) is 5. The Hall–Kier alpha value is -2.41. The summed E-state index contributed by atoms with van der Waals surface area (Å²) in [5.74, 6) is 0.442. The lowest BCUT2D eigenvalue weighted by Crippen LogP contribution is -2.38. The molecule has 0 aliphatic heterocycles. The van der Waals surface area contributed by atoms with E-state index in [9.17, 15) is 15.0 Å². The predicted octanol–water partition coefficient (Wildman–Crippen LogP) is 5.68. The van der Waals surface area contributed by atoms with Crippen molar-refractivity contribution in [3.8, 4) is 16.9 Å². The highest BCUT2D eigenvalue weighted by molar-refractivity contribution is 5.93. The average Bonchev–Trinajstić information content (AvgIpc) is 2.83. The maximum atomic E-state index is 13.1. The molecule has 0 saturated heterocycles. The third-order valence-electron chi connectivity index (χ3n) is 6.88. The molecule has 3 N–H and O–H groups in total. The predicted molar refractivity (Wildman–Crippen MR) is 139 cm³/mol. The smallest absolute Gasteiger partial charge is 0.227 e. The van der Waals surface area contributed by atoms with Crippen LogP contribution in [0.1, 0.15) is 64.0 Å². The minimum atomic E-state index is -1.47. The van der Waals surface area contributed by atoms with E-state index >= 15 is 0 Å². The number of nitrogens with one attached hydrogen (secondary N) is 1. The molecule has 0 bridgehead atoms. The quantitative estimate of drug-likeness (QED) is 0.283. The monoisotopic (exact) mass is 483 g/mol. The van der Waals surface area contributed by atoms with Crippen LogP contribution in [0, 0.1) is 24.7 Å². The van der Waals surface area contributed by atoms with Crippen molar-refractivity contribution in [2.45, 2.75) is 72.7 Å². The molecule has 6 nitrogen and oxygen atoms in total. The standard InChI is InChI=1S/C29H41NO5/c1-5-35-27-12-8-11-23(20(27)4)24-14-13-22(17-21(24)18-34-16-15-19(2)3)30-28(31)25-9-6-7-10-26(25)29(32)33/h8,11-14,17,19,25-26,29,32-33H,5-7,9-10,15-16,18H2,1-4H3,(H,30,31)/t25-,26?/m0/s1. The van der Waals surface area contributed by atoms with Crippen molar-refractivity contribution in [2.24, 2.45) is 17.8 Å². The molecule has 2 aromatic rings. The number of hydrogen-bond donors (Lipinski definition) is 3. The van der Waals surface area contributed by atoms with Gasteiger partial charge in [0.2, 0.25) is 5.91 Å². The van der Waals surface area contributed by atoms with Gasteiger partial charge in [-0.1, -0.05) is 44.9 Å². The molecular weight excluding hydrogens is 442 g/mol. The maximum absolute atomic E-state index is 13.1. The number of amides is 1. The van der Waals surface area contributed by atoms with E-state index in [0.29, 0.717) is 44.3 Å². The number of aliphatic hydroxyl groups is 2. The summed E-state index contributed by atoms with van der Waals surface area (Å²) >= 11 is 0. The Bertz CT molecular complexity index is 972. The Morgan fingerprint density at radius 3 is 2.60 bits per heavy atom. The van der Waals surface area contributed by atoms with Crippen LogP contribution in [0.2, 0.25) is 0 Å². The van der Waals surface area contributed by atoms with Gasteiger partial charge < -0.3 is 25.0 Å². The van der Waals surface area contributed by atoms with Crippen molar-refractivity contribution >= 4 is 11.6 Å². The van der Waals surface area contributed by atoms with E-state index in [-0.39, 0.29) is 5.91 Å². The van der Waals surface area contributed by atoms with Crippen molar-refractivity contribution < 1.29 is 24.5 Å². The van der Waals surface area contributed by atoms with Gasteiger partial charge in [-0.2, -0.15) is 0 Å². The number of aliphatic hydroxyl groups excluding tert-OH is 1. The molecule has 6 heteroatoms. The van der Waals surface area contributed by atoms with E-state index in [4.69, 9.17) is 9.47 Å². The van der Waals surface area contributed by atoms with E-state index in [2.05, 4.69) is 32.2 Å². The number of benzene rings is 2. The van der Waals surface area contributed by atoms with Crippen LogP contribution in [0.3, 0.4) is 0 Å². The summed E-state index contributed by atoms with van der Waals surface area (Å²) < 4.78 is 11.8. The first-order chi connectivity index (χ1) is 16.8. The van der Waals surface area contributed by atoms with Gasteiger partial charge in [0.15, 0.2) is 6.29 Å². The van der Waals surface area contributed by atoms with Gasteiger partial charge in [-0.3, -0.25) is 4.79 Å². The summed E-state index contributed by atoms with van der Waals surface area (Å²) in [4.78, 5) is 13.1. The number of carbonyl (C=O) groups excluding carboxylic acids is 1. The lowest BCUT2D eigenvalue weighted by molar-refractivity contribution is -0.138. The van der Waals surface area contributed by atoms with Gasteiger partial charge in [0, 0.05) is 24.1 Å². The fourth-order valence-electron chi connectivity index (χ4n) is 4.85. The van der Waals surface area contributed by atoms with Gasteiger partial charge >= 0.3 is 0 Å². The summed E-state index contributed by atoms with van der Waals surface area (Å²) in [5, 5.41) is 22.6. The fourth-order valence-corrected chi connectivity index (χ4v) is 4.85. The van der Waals surface area contributed by atoms with Crippen LogP contribution in [-0.4, -0.2) is 35.6 Å². The van der Waals surface area contributed by atoms with Gasteiger partial charge in [0.25, 0.3) is 0 Å². The molecule has 2 atom stereocenters. The summed E-state index contributed by atoms with van der Waals surface area (Å²) in [6.45, 7) is 10.1.